The van der Waals surface area contributed by atoms with Gasteiger partial charge in [-0.2, -0.15) is 0 Å². The Balaban J connectivity index is 1.97. The van der Waals surface area contributed by atoms with Gasteiger partial charge in [0.05, 0.1) is 23.3 Å². The molecule has 0 unspecified atom stereocenters. The van der Waals surface area contributed by atoms with Crippen molar-refractivity contribution in [3.05, 3.63) is 30.5 Å². The van der Waals surface area contributed by atoms with Crippen molar-refractivity contribution in [2.45, 2.75) is 6.04 Å². The Morgan fingerprint density at radius 1 is 1.25 bits per heavy atom. The summed E-state index contributed by atoms with van der Waals surface area (Å²) in [5.74, 6) is 0.949. The van der Waals surface area contributed by atoms with E-state index in [0.717, 1.165) is 29.9 Å². The fourth-order valence-electron chi connectivity index (χ4n) is 1.85. The van der Waals surface area contributed by atoms with Crippen molar-refractivity contribution in [3.63, 3.8) is 0 Å². The molecule has 1 aliphatic heterocycles. The number of anilines is 1. The first-order valence-electron chi connectivity index (χ1n) is 5.50. The van der Waals surface area contributed by atoms with Crippen LogP contribution >= 0.6 is 0 Å². The van der Waals surface area contributed by atoms with Gasteiger partial charge in [0.15, 0.2) is 0 Å². The molecule has 2 heterocycles. The lowest BCUT2D eigenvalue weighted by atomic mass is 10.1. The van der Waals surface area contributed by atoms with E-state index in [1.165, 1.54) is 0 Å². The summed E-state index contributed by atoms with van der Waals surface area (Å²) >= 11 is 0. The fourth-order valence-corrected chi connectivity index (χ4v) is 1.85. The number of hydrogen-bond donors (Lipinski definition) is 1. The summed E-state index contributed by atoms with van der Waals surface area (Å²) in [4.78, 5) is 11.2. The van der Waals surface area contributed by atoms with Crippen molar-refractivity contribution in [2.75, 3.05) is 25.0 Å². The fraction of sp³-hybridized carbons (Fsp3) is 0.333. The highest BCUT2D eigenvalue weighted by Gasteiger charge is 2.22. The molecule has 0 bridgehead atoms. The number of hydrogen-bond acceptors (Lipinski definition) is 4. The summed E-state index contributed by atoms with van der Waals surface area (Å²) in [5, 5.41) is 3.26. The van der Waals surface area contributed by atoms with Crippen molar-refractivity contribution < 1.29 is 0 Å². The van der Waals surface area contributed by atoms with E-state index in [4.69, 9.17) is 0 Å². The summed E-state index contributed by atoms with van der Waals surface area (Å²) in [6.07, 6.45) is 1.85. The van der Waals surface area contributed by atoms with Gasteiger partial charge in [0.1, 0.15) is 5.82 Å². The lowest BCUT2D eigenvalue weighted by molar-refractivity contribution is 0.427. The van der Waals surface area contributed by atoms with E-state index in [-0.39, 0.29) is 0 Å². The molecule has 0 atom stereocenters. The molecule has 3 rings (SSSR count). The topological polar surface area (TPSA) is 41.1 Å². The van der Waals surface area contributed by atoms with E-state index in [0.29, 0.717) is 6.04 Å². The molecule has 82 valence electrons. The SMILES string of the molecule is CN(c1cnc2ccccc2n1)C1CNC1. The van der Waals surface area contributed by atoms with Crippen molar-refractivity contribution in [3.8, 4) is 0 Å². The monoisotopic (exact) mass is 214 g/mol. The van der Waals surface area contributed by atoms with Crippen molar-refractivity contribution in [1.82, 2.24) is 15.3 Å². The first kappa shape index (κ1) is 9.54. The van der Waals surface area contributed by atoms with Crippen LogP contribution in [0.4, 0.5) is 5.82 Å². The van der Waals surface area contributed by atoms with Crippen LogP contribution in [0, 0.1) is 0 Å². The molecule has 0 spiro atoms. The van der Waals surface area contributed by atoms with E-state index >= 15 is 0 Å². The molecule has 4 nitrogen and oxygen atoms in total. The maximum atomic E-state index is 4.61. The third-order valence-electron chi connectivity index (χ3n) is 3.10. The predicted molar refractivity (Wildman–Crippen MR) is 64.6 cm³/mol. The van der Waals surface area contributed by atoms with Gasteiger partial charge in [-0.3, -0.25) is 4.98 Å². The molecule has 0 amide bonds. The molecule has 2 aromatic rings. The molecular formula is C12H14N4. The van der Waals surface area contributed by atoms with Gasteiger partial charge in [0, 0.05) is 20.1 Å². The van der Waals surface area contributed by atoms with E-state index in [1.807, 2.05) is 30.5 Å². The van der Waals surface area contributed by atoms with Gasteiger partial charge in [0.25, 0.3) is 0 Å². The van der Waals surface area contributed by atoms with Crippen LogP contribution in [0.5, 0.6) is 0 Å². The third-order valence-corrected chi connectivity index (χ3v) is 3.10. The predicted octanol–water partition coefficient (Wildman–Crippen LogP) is 1.04. The van der Waals surface area contributed by atoms with Crippen LogP contribution in [-0.4, -0.2) is 36.1 Å². The molecule has 1 fully saturated rings. The molecule has 16 heavy (non-hydrogen) atoms. The molecule has 0 saturated carbocycles. The van der Waals surface area contributed by atoms with Gasteiger partial charge >= 0.3 is 0 Å². The Bertz CT molecular complexity index is 507. The minimum atomic E-state index is 0.551. The van der Waals surface area contributed by atoms with Gasteiger partial charge in [-0.15, -0.1) is 0 Å². The Morgan fingerprint density at radius 3 is 2.69 bits per heavy atom. The third kappa shape index (κ3) is 1.51. The zero-order valence-corrected chi connectivity index (χ0v) is 9.22. The van der Waals surface area contributed by atoms with E-state index in [9.17, 15) is 0 Å². The van der Waals surface area contributed by atoms with Crippen LogP contribution in [0.15, 0.2) is 30.5 Å². The standard InChI is InChI=1S/C12H14N4/c1-16(9-6-13-7-9)12-8-14-10-4-2-3-5-11(10)15-12/h2-5,8-9,13H,6-7H2,1H3. The van der Waals surface area contributed by atoms with Crippen LogP contribution in [-0.2, 0) is 0 Å². The second-order valence-electron chi connectivity index (χ2n) is 4.14. The molecule has 1 N–H and O–H groups in total. The van der Waals surface area contributed by atoms with Crippen LogP contribution in [0.25, 0.3) is 11.0 Å². The molecule has 1 aromatic carbocycles. The lowest BCUT2D eigenvalue weighted by Gasteiger charge is -2.36. The smallest absolute Gasteiger partial charge is 0.147 e. The Kier molecular flexibility index (Phi) is 2.22. The number of para-hydroxylation sites is 2. The number of likely N-dealkylation sites (N-methyl/N-ethyl adjacent to an activating group) is 1. The average Bonchev–Trinajstić information content (AvgIpc) is 2.26. The number of benzene rings is 1. The summed E-state index contributed by atoms with van der Waals surface area (Å²) in [5.41, 5.74) is 1.91. The van der Waals surface area contributed by atoms with Crippen LogP contribution in [0.1, 0.15) is 0 Å². The molecular weight excluding hydrogens is 200 g/mol. The Hall–Kier alpha value is -1.68. The van der Waals surface area contributed by atoms with E-state index < -0.39 is 0 Å². The quantitative estimate of drug-likeness (QED) is 0.811. The summed E-state index contributed by atoms with van der Waals surface area (Å²) in [6, 6.07) is 8.51. The summed E-state index contributed by atoms with van der Waals surface area (Å²) in [6.45, 7) is 2.07. The zero-order chi connectivity index (χ0) is 11.0. The lowest BCUT2D eigenvalue weighted by Crippen LogP contribution is -2.56. The Labute approximate surface area is 94.3 Å². The van der Waals surface area contributed by atoms with Gasteiger partial charge in [0.2, 0.25) is 0 Å². The van der Waals surface area contributed by atoms with Crippen LogP contribution in [0.3, 0.4) is 0 Å². The average molecular weight is 214 g/mol. The molecule has 0 aliphatic carbocycles. The van der Waals surface area contributed by atoms with Crippen LogP contribution in [0.2, 0.25) is 0 Å². The highest BCUT2D eigenvalue weighted by molar-refractivity contribution is 5.75. The van der Waals surface area contributed by atoms with Crippen molar-refractivity contribution >= 4 is 16.9 Å². The second kappa shape index (κ2) is 3.72. The van der Waals surface area contributed by atoms with Gasteiger partial charge in [-0.25, -0.2) is 4.98 Å². The van der Waals surface area contributed by atoms with Crippen molar-refractivity contribution in [2.24, 2.45) is 0 Å². The highest BCUT2D eigenvalue weighted by Crippen LogP contribution is 2.17. The minimum absolute atomic E-state index is 0.551. The number of nitrogens with zero attached hydrogens (tertiary/aromatic N) is 3. The number of rotatable bonds is 2. The normalized spacial score (nSPS) is 16.1. The molecule has 0 radical (unpaired) electrons. The minimum Gasteiger partial charge on any atom is -0.353 e. The van der Waals surface area contributed by atoms with E-state index in [2.05, 4.69) is 27.2 Å². The molecule has 4 heteroatoms. The van der Waals surface area contributed by atoms with Crippen molar-refractivity contribution in [1.29, 1.82) is 0 Å². The Morgan fingerprint density at radius 2 is 2.00 bits per heavy atom. The summed E-state index contributed by atoms with van der Waals surface area (Å²) < 4.78 is 0. The maximum absolute atomic E-state index is 4.61. The molecule has 1 aliphatic rings. The van der Waals surface area contributed by atoms with Gasteiger partial charge in [-0.1, -0.05) is 12.1 Å². The number of nitrogens with one attached hydrogen (secondary N) is 1. The largest absolute Gasteiger partial charge is 0.353 e. The zero-order valence-electron chi connectivity index (χ0n) is 9.22. The highest BCUT2D eigenvalue weighted by atomic mass is 15.3. The first-order valence-corrected chi connectivity index (χ1v) is 5.50. The molecule has 1 aromatic heterocycles. The van der Waals surface area contributed by atoms with Gasteiger partial charge < -0.3 is 10.2 Å². The van der Waals surface area contributed by atoms with Gasteiger partial charge in [-0.05, 0) is 12.1 Å². The maximum Gasteiger partial charge on any atom is 0.147 e. The van der Waals surface area contributed by atoms with Crippen LogP contribution < -0.4 is 10.2 Å². The number of fused-ring (bicyclic) bond motifs is 1. The molecule has 1 saturated heterocycles. The first-order chi connectivity index (χ1) is 7.84. The summed E-state index contributed by atoms with van der Waals surface area (Å²) in [7, 11) is 2.07. The van der Waals surface area contributed by atoms with E-state index in [1.54, 1.807) is 0 Å². The second-order valence-corrected chi connectivity index (χ2v) is 4.14. The number of aromatic nitrogens is 2.